The minimum atomic E-state index is -0.953. The topological polar surface area (TPSA) is 85.3 Å². The predicted octanol–water partition coefficient (Wildman–Crippen LogP) is 5.64. The van der Waals surface area contributed by atoms with Crippen LogP contribution in [0.3, 0.4) is 0 Å². The average Bonchev–Trinajstić information content (AvgIpc) is 3.17. The van der Waals surface area contributed by atoms with E-state index in [-0.39, 0.29) is 16.6 Å². The number of aliphatic hydroxyl groups is 1. The summed E-state index contributed by atoms with van der Waals surface area (Å²) in [5.41, 5.74) is 2.18. The second kappa shape index (κ2) is 10.0. The first-order valence-corrected chi connectivity index (χ1v) is 11.9. The van der Waals surface area contributed by atoms with Crippen LogP contribution in [-0.4, -0.2) is 38.1 Å². The highest BCUT2D eigenvalue weighted by atomic mass is 16.5. The van der Waals surface area contributed by atoms with Gasteiger partial charge in [0.2, 0.25) is 0 Å². The predicted molar refractivity (Wildman–Crippen MR) is 142 cm³/mol. The Labute approximate surface area is 216 Å². The fourth-order valence-corrected chi connectivity index (χ4v) is 4.63. The van der Waals surface area contributed by atoms with Gasteiger partial charge in [-0.2, -0.15) is 0 Å². The molecule has 7 nitrogen and oxygen atoms in total. The summed E-state index contributed by atoms with van der Waals surface area (Å²) in [5.74, 6) is -0.884. The first kappa shape index (κ1) is 25.8. The van der Waals surface area contributed by atoms with Gasteiger partial charge < -0.3 is 19.3 Å². The maximum atomic E-state index is 13.6. The van der Waals surface area contributed by atoms with Gasteiger partial charge in [0.25, 0.3) is 11.7 Å². The van der Waals surface area contributed by atoms with Crippen molar-refractivity contribution >= 4 is 23.1 Å². The van der Waals surface area contributed by atoms with E-state index in [1.54, 1.807) is 42.5 Å². The summed E-state index contributed by atoms with van der Waals surface area (Å²) >= 11 is 0. The van der Waals surface area contributed by atoms with E-state index in [1.807, 2.05) is 24.3 Å². The molecule has 1 amide bonds. The molecule has 0 saturated carbocycles. The zero-order valence-corrected chi connectivity index (χ0v) is 21.9. The fraction of sp³-hybridized carbons (Fsp3) is 0.267. The summed E-state index contributed by atoms with van der Waals surface area (Å²) in [6, 6.07) is 18.7. The second-order valence-corrected chi connectivity index (χ2v) is 9.75. The number of aliphatic hydroxyl groups excluding tert-OH is 1. The number of ether oxygens (including phenoxy) is 3. The van der Waals surface area contributed by atoms with Crippen LogP contribution in [0, 0.1) is 0 Å². The molecule has 4 rings (SSSR count). The summed E-state index contributed by atoms with van der Waals surface area (Å²) in [6.45, 7) is 6.30. The lowest BCUT2D eigenvalue weighted by atomic mass is 9.87. The molecule has 1 aliphatic rings. The standard InChI is InChI=1S/C30H31NO6/c1-30(2,3)18-14-16-19(17-15-18)31-26(20-10-7-8-11-21(20)35-4)25(28(33)29(31)34)27(32)24-22(36-5)12-9-13-23(24)37-6/h7-17,26,32H,1-6H3/b27-25+. The zero-order valence-electron chi connectivity index (χ0n) is 21.9. The summed E-state index contributed by atoms with van der Waals surface area (Å²) in [5, 5.41) is 11.6. The normalized spacial score (nSPS) is 17.1. The Morgan fingerprint density at radius 3 is 1.86 bits per heavy atom. The number of rotatable bonds is 6. The number of benzene rings is 3. The molecular formula is C30H31NO6. The van der Waals surface area contributed by atoms with Gasteiger partial charge in [-0.1, -0.05) is 57.2 Å². The Kier molecular flexibility index (Phi) is 6.99. The van der Waals surface area contributed by atoms with Crippen molar-refractivity contribution in [3.05, 3.63) is 89.0 Å². The van der Waals surface area contributed by atoms with E-state index >= 15 is 0 Å². The molecule has 0 aromatic heterocycles. The molecule has 37 heavy (non-hydrogen) atoms. The van der Waals surface area contributed by atoms with Crippen molar-refractivity contribution in [3.8, 4) is 17.2 Å². The quantitative estimate of drug-likeness (QED) is 0.267. The molecule has 1 aliphatic heterocycles. The third kappa shape index (κ3) is 4.53. The number of amides is 1. The molecular weight excluding hydrogens is 470 g/mol. The Morgan fingerprint density at radius 1 is 0.784 bits per heavy atom. The van der Waals surface area contributed by atoms with E-state index < -0.39 is 23.5 Å². The van der Waals surface area contributed by atoms with Crippen LogP contribution >= 0.6 is 0 Å². The molecule has 0 spiro atoms. The van der Waals surface area contributed by atoms with Crippen LogP contribution < -0.4 is 19.1 Å². The number of hydrogen-bond acceptors (Lipinski definition) is 6. The van der Waals surface area contributed by atoms with Crippen molar-refractivity contribution in [2.75, 3.05) is 26.2 Å². The maximum Gasteiger partial charge on any atom is 0.300 e. The molecule has 1 atom stereocenters. The van der Waals surface area contributed by atoms with Crippen molar-refractivity contribution in [1.29, 1.82) is 0 Å². The van der Waals surface area contributed by atoms with Gasteiger partial charge in [0.05, 0.1) is 32.9 Å². The molecule has 1 heterocycles. The van der Waals surface area contributed by atoms with Gasteiger partial charge in [-0.05, 0) is 41.3 Å². The van der Waals surface area contributed by atoms with Crippen LogP contribution in [0.5, 0.6) is 17.2 Å². The fourth-order valence-electron chi connectivity index (χ4n) is 4.63. The number of methoxy groups -OCH3 is 3. The third-order valence-electron chi connectivity index (χ3n) is 6.55. The highest BCUT2D eigenvalue weighted by Gasteiger charge is 2.48. The zero-order chi connectivity index (χ0) is 26.9. The van der Waals surface area contributed by atoms with Gasteiger partial charge in [-0.25, -0.2) is 0 Å². The summed E-state index contributed by atoms with van der Waals surface area (Å²) in [4.78, 5) is 28.5. The number of para-hydroxylation sites is 1. The minimum absolute atomic E-state index is 0.0859. The molecule has 1 saturated heterocycles. The molecule has 7 heteroatoms. The van der Waals surface area contributed by atoms with Crippen molar-refractivity contribution in [1.82, 2.24) is 0 Å². The van der Waals surface area contributed by atoms with E-state index in [1.165, 1.54) is 26.2 Å². The Morgan fingerprint density at radius 2 is 1.32 bits per heavy atom. The van der Waals surface area contributed by atoms with Crippen LogP contribution in [0.1, 0.15) is 43.5 Å². The lowest BCUT2D eigenvalue weighted by Crippen LogP contribution is -2.29. The Balaban J connectivity index is 2.01. The second-order valence-electron chi connectivity index (χ2n) is 9.75. The molecule has 3 aromatic carbocycles. The van der Waals surface area contributed by atoms with E-state index in [2.05, 4.69) is 20.8 Å². The minimum Gasteiger partial charge on any atom is -0.506 e. The number of carbonyl (C=O) groups excluding carboxylic acids is 2. The SMILES string of the molecule is COc1ccccc1C1/C(=C(\O)c2c(OC)cccc2OC)C(=O)C(=O)N1c1ccc(C(C)(C)C)cc1. The third-order valence-corrected chi connectivity index (χ3v) is 6.55. The number of anilines is 1. The first-order valence-electron chi connectivity index (χ1n) is 11.9. The van der Waals surface area contributed by atoms with Crippen LogP contribution in [0.4, 0.5) is 5.69 Å². The highest BCUT2D eigenvalue weighted by Crippen LogP contribution is 2.47. The van der Waals surface area contributed by atoms with E-state index in [9.17, 15) is 14.7 Å². The highest BCUT2D eigenvalue weighted by molar-refractivity contribution is 6.51. The number of hydrogen-bond donors (Lipinski definition) is 1. The smallest absolute Gasteiger partial charge is 0.300 e. The van der Waals surface area contributed by atoms with Crippen molar-refractivity contribution in [2.24, 2.45) is 0 Å². The number of Topliss-reactive ketones (excluding diaryl/α,β-unsaturated/α-hetero) is 1. The number of carbonyl (C=O) groups is 2. The molecule has 1 N–H and O–H groups in total. The van der Waals surface area contributed by atoms with E-state index in [4.69, 9.17) is 14.2 Å². The molecule has 0 radical (unpaired) electrons. The van der Waals surface area contributed by atoms with Gasteiger partial charge >= 0.3 is 0 Å². The molecule has 192 valence electrons. The lowest BCUT2D eigenvalue weighted by Gasteiger charge is -2.27. The van der Waals surface area contributed by atoms with Gasteiger partial charge in [0, 0.05) is 11.3 Å². The molecule has 0 aliphatic carbocycles. The first-order chi connectivity index (χ1) is 17.6. The van der Waals surface area contributed by atoms with E-state index in [0.29, 0.717) is 28.5 Å². The summed E-state index contributed by atoms with van der Waals surface area (Å²) in [6.07, 6.45) is 0. The molecule has 0 bridgehead atoms. The molecule has 1 fully saturated rings. The molecule has 1 unspecified atom stereocenters. The summed E-state index contributed by atoms with van der Waals surface area (Å²) < 4.78 is 16.5. The maximum absolute atomic E-state index is 13.6. The number of nitrogens with zero attached hydrogens (tertiary/aromatic N) is 1. The Hall–Kier alpha value is -4.26. The Bertz CT molecular complexity index is 1350. The van der Waals surface area contributed by atoms with Gasteiger partial charge in [-0.3, -0.25) is 14.5 Å². The number of ketones is 1. The average molecular weight is 502 g/mol. The van der Waals surface area contributed by atoms with Crippen LogP contribution in [-0.2, 0) is 15.0 Å². The van der Waals surface area contributed by atoms with Crippen LogP contribution in [0.2, 0.25) is 0 Å². The van der Waals surface area contributed by atoms with Crippen LogP contribution in [0.25, 0.3) is 5.76 Å². The van der Waals surface area contributed by atoms with E-state index in [0.717, 1.165) is 5.56 Å². The molecule has 3 aromatic rings. The van der Waals surface area contributed by atoms with Crippen molar-refractivity contribution in [3.63, 3.8) is 0 Å². The monoisotopic (exact) mass is 501 g/mol. The van der Waals surface area contributed by atoms with Gasteiger partial charge in [0.1, 0.15) is 28.6 Å². The van der Waals surface area contributed by atoms with Gasteiger partial charge in [-0.15, -0.1) is 0 Å². The van der Waals surface area contributed by atoms with Gasteiger partial charge in [0.15, 0.2) is 0 Å². The van der Waals surface area contributed by atoms with Crippen molar-refractivity contribution < 1.29 is 28.9 Å². The van der Waals surface area contributed by atoms with Crippen LogP contribution in [0.15, 0.2) is 72.3 Å². The lowest BCUT2D eigenvalue weighted by molar-refractivity contribution is -0.132. The largest absolute Gasteiger partial charge is 0.506 e. The summed E-state index contributed by atoms with van der Waals surface area (Å²) in [7, 11) is 4.43. The van der Waals surface area contributed by atoms with Crippen molar-refractivity contribution in [2.45, 2.75) is 32.2 Å².